The lowest BCUT2D eigenvalue weighted by Crippen LogP contribution is -2.37. The molecule has 2 aromatic carbocycles. The Hall–Kier alpha value is -3.64. The number of fused-ring (bicyclic) bond motifs is 1. The van der Waals surface area contributed by atoms with Gasteiger partial charge in [0.25, 0.3) is 0 Å². The van der Waals surface area contributed by atoms with Crippen molar-refractivity contribution < 1.29 is 4.79 Å². The Kier molecular flexibility index (Phi) is 9.77. The van der Waals surface area contributed by atoms with Crippen LogP contribution in [0.2, 0.25) is 0 Å². The first kappa shape index (κ1) is 28.4. The van der Waals surface area contributed by atoms with Crippen LogP contribution in [0.1, 0.15) is 74.5 Å². The third-order valence-electron chi connectivity index (χ3n) is 7.46. The molecule has 6 heteroatoms. The lowest BCUT2D eigenvalue weighted by molar-refractivity contribution is 0.100. The highest BCUT2D eigenvalue weighted by Crippen LogP contribution is 2.27. The lowest BCUT2D eigenvalue weighted by atomic mass is 9.99. The fourth-order valence-electron chi connectivity index (χ4n) is 5.46. The normalized spacial score (nSPS) is 15.3. The molecule has 3 N–H and O–H groups in total. The zero-order valence-corrected chi connectivity index (χ0v) is 24.0. The van der Waals surface area contributed by atoms with Gasteiger partial charge in [0, 0.05) is 29.7 Å². The summed E-state index contributed by atoms with van der Waals surface area (Å²) >= 11 is 0. The largest absolute Gasteiger partial charge is 0.366 e. The molecule has 0 atom stereocenters. The average molecular weight is 526 g/mol. The van der Waals surface area contributed by atoms with Crippen molar-refractivity contribution in [2.75, 3.05) is 19.6 Å². The number of primary amides is 1. The highest BCUT2D eigenvalue weighted by Gasteiger charge is 2.22. The number of aliphatic imine (C=N–C) groups is 1. The number of benzene rings is 2. The molecule has 4 rings (SSSR count). The van der Waals surface area contributed by atoms with Gasteiger partial charge in [-0.3, -0.25) is 14.7 Å². The van der Waals surface area contributed by atoms with Gasteiger partial charge >= 0.3 is 0 Å². The second kappa shape index (κ2) is 13.4. The number of nitrogens with one attached hydrogen (secondary N) is 1. The van der Waals surface area contributed by atoms with Crippen molar-refractivity contribution in [1.82, 2.24) is 14.8 Å². The van der Waals surface area contributed by atoms with Crippen LogP contribution >= 0.6 is 0 Å². The summed E-state index contributed by atoms with van der Waals surface area (Å²) in [6.07, 6.45) is 7.79. The Morgan fingerprint density at radius 2 is 1.87 bits per heavy atom. The van der Waals surface area contributed by atoms with Crippen LogP contribution in [0, 0.1) is 6.92 Å². The van der Waals surface area contributed by atoms with E-state index >= 15 is 0 Å². The second-order valence-corrected chi connectivity index (χ2v) is 10.5. The zero-order valence-electron chi connectivity index (χ0n) is 24.0. The number of hydrogen-bond donors (Lipinski definition) is 2. The standard InChI is InChI=1S/C33H43N5O/c1-5-7-11-19-37-20-18-27(24(3)23-37)33(35-22-26-14-9-8-10-15-26)36-31(13-6-2)38-25(4)21-29-28(32(34)39)16-12-17-30(29)38/h8-10,12-17,21H,5-7,11,18-20,22-23H2,1-4H3,(H2,34,39)(H,35,36)/b31-13-. The van der Waals surface area contributed by atoms with Crippen LogP contribution in [0.25, 0.3) is 16.7 Å². The van der Waals surface area contributed by atoms with Gasteiger partial charge in [-0.2, -0.15) is 0 Å². The molecule has 0 saturated heterocycles. The molecule has 206 valence electrons. The summed E-state index contributed by atoms with van der Waals surface area (Å²) < 4.78 is 2.18. The van der Waals surface area contributed by atoms with Crippen molar-refractivity contribution in [3.05, 3.63) is 88.6 Å². The summed E-state index contributed by atoms with van der Waals surface area (Å²) in [6.45, 7) is 12.5. The Balaban J connectivity index is 1.72. The van der Waals surface area contributed by atoms with E-state index in [2.05, 4.69) is 72.8 Å². The van der Waals surface area contributed by atoms with Crippen molar-refractivity contribution in [3.8, 4) is 0 Å². The van der Waals surface area contributed by atoms with Gasteiger partial charge in [-0.15, -0.1) is 0 Å². The Labute approximate surface area is 233 Å². The van der Waals surface area contributed by atoms with E-state index in [1.807, 2.05) is 24.3 Å². The van der Waals surface area contributed by atoms with Crippen molar-refractivity contribution in [1.29, 1.82) is 0 Å². The molecule has 0 unspecified atom stereocenters. The lowest BCUT2D eigenvalue weighted by Gasteiger charge is -2.31. The van der Waals surface area contributed by atoms with E-state index in [4.69, 9.17) is 10.7 Å². The molecule has 0 radical (unpaired) electrons. The summed E-state index contributed by atoms with van der Waals surface area (Å²) in [5.41, 5.74) is 12.1. The first-order valence-electron chi connectivity index (χ1n) is 14.3. The molecule has 0 spiro atoms. The molecular weight excluding hydrogens is 482 g/mol. The number of carbonyl (C=O) groups is 1. The summed E-state index contributed by atoms with van der Waals surface area (Å²) in [5, 5.41) is 4.62. The van der Waals surface area contributed by atoms with Crippen LogP contribution in [0.4, 0.5) is 0 Å². The SMILES string of the molecule is CC/C=C(/NC(=NCc1ccccc1)C1=C(C)CN(CCCCC)CC1)n1c(C)cc2c(C(N)=O)cccc21. The van der Waals surface area contributed by atoms with Gasteiger partial charge < -0.3 is 15.6 Å². The van der Waals surface area contributed by atoms with Gasteiger partial charge in [0.15, 0.2) is 0 Å². The quantitative estimate of drug-likeness (QED) is 0.167. The molecule has 0 fully saturated rings. The van der Waals surface area contributed by atoms with Crippen molar-refractivity contribution in [2.24, 2.45) is 10.7 Å². The van der Waals surface area contributed by atoms with Crippen LogP contribution in [0.5, 0.6) is 0 Å². The van der Waals surface area contributed by atoms with Crippen LogP contribution < -0.4 is 11.1 Å². The number of hydrogen-bond acceptors (Lipinski definition) is 3. The monoisotopic (exact) mass is 525 g/mol. The van der Waals surface area contributed by atoms with E-state index in [1.54, 1.807) is 6.07 Å². The second-order valence-electron chi connectivity index (χ2n) is 10.5. The third-order valence-corrected chi connectivity index (χ3v) is 7.46. The van der Waals surface area contributed by atoms with Gasteiger partial charge in [-0.05, 0) is 75.1 Å². The molecular formula is C33H43N5O. The van der Waals surface area contributed by atoms with Crippen LogP contribution in [0.15, 0.2) is 76.8 Å². The number of amidine groups is 1. The molecule has 1 aliphatic heterocycles. The zero-order chi connectivity index (χ0) is 27.8. The van der Waals surface area contributed by atoms with Crippen molar-refractivity contribution in [2.45, 2.75) is 66.3 Å². The Bertz CT molecular complexity index is 1380. The minimum absolute atomic E-state index is 0.414. The van der Waals surface area contributed by atoms with Gasteiger partial charge in [0.2, 0.25) is 5.91 Å². The molecule has 3 aromatic rings. The number of nitrogens with zero attached hydrogens (tertiary/aromatic N) is 3. The van der Waals surface area contributed by atoms with Crippen LogP contribution in [-0.2, 0) is 6.54 Å². The number of aryl methyl sites for hydroxylation is 1. The van der Waals surface area contributed by atoms with Gasteiger partial charge in [0.05, 0.1) is 12.1 Å². The molecule has 1 aliphatic rings. The maximum absolute atomic E-state index is 12.1. The van der Waals surface area contributed by atoms with Crippen molar-refractivity contribution in [3.63, 3.8) is 0 Å². The number of aromatic nitrogens is 1. The summed E-state index contributed by atoms with van der Waals surface area (Å²) in [6, 6.07) is 18.2. The fraction of sp³-hybridized carbons (Fsp3) is 0.394. The van der Waals surface area contributed by atoms with E-state index in [0.29, 0.717) is 12.1 Å². The average Bonchev–Trinajstić information content (AvgIpc) is 3.27. The summed E-state index contributed by atoms with van der Waals surface area (Å²) in [5.74, 6) is 1.46. The van der Waals surface area contributed by atoms with Crippen LogP contribution in [0.3, 0.4) is 0 Å². The molecule has 39 heavy (non-hydrogen) atoms. The number of amides is 1. The van der Waals surface area contributed by atoms with E-state index in [1.165, 1.54) is 36.0 Å². The maximum atomic E-state index is 12.1. The first-order chi connectivity index (χ1) is 18.9. The van der Waals surface area contributed by atoms with Crippen molar-refractivity contribution >= 4 is 28.5 Å². The highest BCUT2D eigenvalue weighted by molar-refractivity contribution is 6.07. The topological polar surface area (TPSA) is 75.7 Å². The molecule has 0 saturated carbocycles. The Morgan fingerprint density at radius 3 is 2.56 bits per heavy atom. The van der Waals surface area contributed by atoms with E-state index in [0.717, 1.165) is 60.7 Å². The third kappa shape index (κ3) is 6.87. The predicted molar refractivity (Wildman–Crippen MR) is 164 cm³/mol. The molecule has 2 heterocycles. The van der Waals surface area contributed by atoms with Gasteiger partial charge in [-0.1, -0.05) is 68.7 Å². The van der Waals surface area contributed by atoms with E-state index in [9.17, 15) is 4.79 Å². The number of rotatable bonds is 11. The molecule has 0 aliphatic carbocycles. The van der Waals surface area contributed by atoms with Gasteiger partial charge in [0.1, 0.15) is 11.7 Å². The summed E-state index contributed by atoms with van der Waals surface area (Å²) in [4.78, 5) is 19.9. The number of nitrogens with two attached hydrogens (primary N) is 1. The fourth-order valence-corrected chi connectivity index (χ4v) is 5.46. The van der Waals surface area contributed by atoms with Crippen LogP contribution in [-0.4, -0.2) is 40.8 Å². The number of unbranched alkanes of at least 4 members (excludes halogenated alkanes) is 2. The van der Waals surface area contributed by atoms with Gasteiger partial charge in [-0.25, -0.2) is 0 Å². The molecule has 1 amide bonds. The Morgan fingerprint density at radius 1 is 1.08 bits per heavy atom. The smallest absolute Gasteiger partial charge is 0.249 e. The predicted octanol–water partition coefficient (Wildman–Crippen LogP) is 6.66. The molecule has 1 aromatic heterocycles. The minimum atomic E-state index is -0.414. The first-order valence-corrected chi connectivity index (χ1v) is 14.3. The molecule has 6 nitrogen and oxygen atoms in total. The van der Waals surface area contributed by atoms with E-state index < -0.39 is 5.91 Å². The van der Waals surface area contributed by atoms with E-state index in [-0.39, 0.29) is 0 Å². The molecule has 0 bridgehead atoms. The maximum Gasteiger partial charge on any atom is 0.249 e. The number of allylic oxidation sites excluding steroid dienone is 1. The summed E-state index contributed by atoms with van der Waals surface area (Å²) in [7, 11) is 0. The number of carbonyl (C=O) groups excluding carboxylic acids is 1. The highest BCUT2D eigenvalue weighted by atomic mass is 16.1. The minimum Gasteiger partial charge on any atom is -0.366 e.